The van der Waals surface area contributed by atoms with Crippen LogP contribution >= 0.6 is 0 Å². The van der Waals surface area contributed by atoms with Crippen LogP contribution in [0.1, 0.15) is 54.8 Å². The Morgan fingerprint density at radius 2 is 1.54 bits per heavy atom. The minimum atomic E-state index is -1.04. The van der Waals surface area contributed by atoms with Gasteiger partial charge in [-0.3, -0.25) is 19.3 Å². The second-order valence-corrected chi connectivity index (χ2v) is 6.36. The van der Waals surface area contributed by atoms with E-state index in [4.69, 9.17) is 4.74 Å². The molecular weight excluding hydrogens is 310 g/mol. The minimum Gasteiger partial charge on any atom is -0.453 e. The molecule has 6 nitrogen and oxygen atoms in total. The third-order valence-corrected chi connectivity index (χ3v) is 3.97. The smallest absolute Gasteiger partial charge is 0.330 e. The first-order valence-corrected chi connectivity index (χ1v) is 7.91. The number of carbonyl (C=O) groups excluding carboxylic acids is 4. The first kappa shape index (κ1) is 17.8. The van der Waals surface area contributed by atoms with E-state index in [-0.39, 0.29) is 29.2 Å². The van der Waals surface area contributed by atoms with Crippen LogP contribution in [-0.4, -0.2) is 40.6 Å². The summed E-state index contributed by atoms with van der Waals surface area (Å²) in [4.78, 5) is 50.0. The van der Waals surface area contributed by atoms with Crippen LogP contribution < -0.4 is 0 Å². The van der Waals surface area contributed by atoms with Gasteiger partial charge in [0.05, 0.1) is 11.1 Å². The topological polar surface area (TPSA) is 80.8 Å². The third kappa shape index (κ3) is 3.37. The van der Waals surface area contributed by atoms with Gasteiger partial charge in [0.2, 0.25) is 0 Å². The Bertz CT molecular complexity index is 659. The second kappa shape index (κ2) is 6.95. The molecule has 1 heterocycles. The number of carbonyl (C=O) groups is 4. The fraction of sp³-hybridized carbons (Fsp3) is 0.444. The van der Waals surface area contributed by atoms with Crippen LogP contribution in [0.2, 0.25) is 0 Å². The number of amides is 2. The quantitative estimate of drug-likeness (QED) is 0.590. The van der Waals surface area contributed by atoms with E-state index < -0.39 is 29.9 Å². The summed E-state index contributed by atoms with van der Waals surface area (Å²) in [5.41, 5.74) is 0.562. The number of imide groups is 1. The molecular formula is C18H21NO5. The van der Waals surface area contributed by atoms with Crippen LogP contribution in [0.25, 0.3) is 0 Å². The number of hydrogen-bond donors (Lipinski definition) is 0. The lowest BCUT2D eigenvalue weighted by molar-refractivity contribution is -0.157. The van der Waals surface area contributed by atoms with Gasteiger partial charge in [-0.15, -0.1) is 0 Å². The van der Waals surface area contributed by atoms with Gasteiger partial charge in [-0.2, -0.15) is 0 Å². The van der Waals surface area contributed by atoms with Gasteiger partial charge in [-0.05, 0) is 38.3 Å². The van der Waals surface area contributed by atoms with Gasteiger partial charge in [-0.1, -0.05) is 26.0 Å². The SMILES string of the molecule is CC(=O)[C@@H](C)OC(=O)[C@@H](CC(C)C)N1C(=O)c2ccccc2C1=O. The number of esters is 1. The van der Waals surface area contributed by atoms with Gasteiger partial charge in [0.25, 0.3) is 11.8 Å². The first-order valence-electron chi connectivity index (χ1n) is 7.91. The maximum absolute atomic E-state index is 12.6. The summed E-state index contributed by atoms with van der Waals surface area (Å²) in [6.45, 7) is 6.55. The summed E-state index contributed by atoms with van der Waals surface area (Å²) < 4.78 is 5.15. The summed E-state index contributed by atoms with van der Waals surface area (Å²) in [7, 11) is 0. The molecule has 24 heavy (non-hydrogen) atoms. The van der Waals surface area contributed by atoms with Crippen LogP contribution in [-0.2, 0) is 14.3 Å². The first-order chi connectivity index (χ1) is 11.2. The van der Waals surface area contributed by atoms with Gasteiger partial charge >= 0.3 is 5.97 Å². The minimum absolute atomic E-state index is 0.0551. The standard InChI is InChI=1S/C18H21NO5/c1-10(2)9-15(18(23)24-12(4)11(3)20)19-16(21)13-7-5-6-8-14(13)17(19)22/h5-8,10,12,15H,9H2,1-4H3/t12-,15-/m1/s1. The van der Waals surface area contributed by atoms with Crippen molar-refractivity contribution in [2.24, 2.45) is 5.92 Å². The molecule has 1 aromatic rings. The van der Waals surface area contributed by atoms with E-state index in [0.717, 1.165) is 4.90 Å². The predicted octanol–water partition coefficient (Wildman–Crippen LogP) is 2.22. The number of ether oxygens (including phenoxy) is 1. The highest BCUT2D eigenvalue weighted by Crippen LogP contribution is 2.27. The van der Waals surface area contributed by atoms with Crippen LogP contribution in [0.5, 0.6) is 0 Å². The van der Waals surface area contributed by atoms with Crippen LogP contribution in [0.15, 0.2) is 24.3 Å². The average Bonchev–Trinajstić information content (AvgIpc) is 2.77. The Balaban J connectivity index is 2.32. The van der Waals surface area contributed by atoms with E-state index in [1.165, 1.54) is 13.8 Å². The molecule has 6 heteroatoms. The molecule has 0 bridgehead atoms. The number of Topliss-reactive ketones (excluding diaryl/α,β-unsaturated/α-hetero) is 1. The molecule has 2 amide bonds. The zero-order chi connectivity index (χ0) is 18.0. The molecule has 0 aliphatic carbocycles. The van der Waals surface area contributed by atoms with Gasteiger partial charge in [0, 0.05) is 0 Å². The molecule has 0 unspecified atom stereocenters. The van der Waals surface area contributed by atoms with Crippen molar-refractivity contribution in [3.63, 3.8) is 0 Å². The van der Waals surface area contributed by atoms with Crippen molar-refractivity contribution >= 4 is 23.6 Å². The lowest BCUT2D eigenvalue weighted by Gasteiger charge is -2.26. The fourth-order valence-electron chi connectivity index (χ4n) is 2.58. The molecule has 0 saturated heterocycles. The van der Waals surface area contributed by atoms with Gasteiger partial charge in [0.15, 0.2) is 11.9 Å². The van der Waals surface area contributed by atoms with E-state index in [1.807, 2.05) is 13.8 Å². The molecule has 0 radical (unpaired) electrons. The molecule has 2 atom stereocenters. The van der Waals surface area contributed by atoms with E-state index in [2.05, 4.69) is 0 Å². The third-order valence-electron chi connectivity index (χ3n) is 3.97. The monoisotopic (exact) mass is 331 g/mol. The van der Waals surface area contributed by atoms with E-state index >= 15 is 0 Å². The molecule has 0 fully saturated rings. The van der Waals surface area contributed by atoms with Crippen molar-refractivity contribution in [2.45, 2.75) is 46.3 Å². The van der Waals surface area contributed by atoms with Crippen molar-refractivity contribution in [3.05, 3.63) is 35.4 Å². The van der Waals surface area contributed by atoms with Crippen molar-refractivity contribution in [1.29, 1.82) is 0 Å². The maximum Gasteiger partial charge on any atom is 0.330 e. The number of benzene rings is 1. The Hall–Kier alpha value is -2.50. The normalized spacial score (nSPS) is 16.1. The summed E-state index contributed by atoms with van der Waals surface area (Å²) in [5, 5.41) is 0. The van der Waals surface area contributed by atoms with Gasteiger partial charge in [0.1, 0.15) is 6.04 Å². The predicted molar refractivity (Wildman–Crippen MR) is 86.4 cm³/mol. The lowest BCUT2D eigenvalue weighted by Crippen LogP contribution is -2.47. The van der Waals surface area contributed by atoms with Crippen molar-refractivity contribution in [1.82, 2.24) is 4.90 Å². The number of rotatable bonds is 6. The average molecular weight is 331 g/mol. The highest BCUT2D eigenvalue weighted by atomic mass is 16.5. The van der Waals surface area contributed by atoms with Crippen molar-refractivity contribution in [3.8, 4) is 0 Å². The number of fused-ring (bicyclic) bond motifs is 1. The zero-order valence-electron chi connectivity index (χ0n) is 14.2. The molecule has 0 spiro atoms. The maximum atomic E-state index is 12.6. The lowest BCUT2D eigenvalue weighted by atomic mass is 10.0. The summed E-state index contributed by atoms with van der Waals surface area (Å²) in [6, 6.07) is 5.42. The van der Waals surface area contributed by atoms with E-state index in [1.54, 1.807) is 24.3 Å². The molecule has 128 valence electrons. The number of hydrogen-bond acceptors (Lipinski definition) is 5. The molecule has 0 aromatic heterocycles. The summed E-state index contributed by atoms with van der Waals surface area (Å²) >= 11 is 0. The molecule has 1 aliphatic rings. The molecule has 0 N–H and O–H groups in total. The largest absolute Gasteiger partial charge is 0.453 e. The molecule has 1 aromatic carbocycles. The Labute approximate surface area is 140 Å². The Morgan fingerprint density at radius 1 is 1.04 bits per heavy atom. The fourth-order valence-corrected chi connectivity index (χ4v) is 2.58. The zero-order valence-corrected chi connectivity index (χ0v) is 14.2. The van der Waals surface area contributed by atoms with E-state index in [0.29, 0.717) is 0 Å². The Kier molecular flexibility index (Phi) is 5.17. The molecule has 1 aliphatic heterocycles. The van der Waals surface area contributed by atoms with Crippen molar-refractivity contribution in [2.75, 3.05) is 0 Å². The summed E-state index contributed by atoms with van der Waals surface area (Å²) in [6.07, 6.45) is -0.642. The number of ketones is 1. The molecule has 2 rings (SSSR count). The highest BCUT2D eigenvalue weighted by molar-refractivity contribution is 6.22. The van der Waals surface area contributed by atoms with Crippen LogP contribution in [0.3, 0.4) is 0 Å². The summed E-state index contributed by atoms with van der Waals surface area (Å²) in [5.74, 6) is -1.99. The van der Waals surface area contributed by atoms with Crippen LogP contribution in [0.4, 0.5) is 0 Å². The Morgan fingerprint density at radius 3 is 1.96 bits per heavy atom. The highest BCUT2D eigenvalue weighted by Gasteiger charge is 2.43. The number of nitrogens with zero attached hydrogens (tertiary/aromatic N) is 1. The van der Waals surface area contributed by atoms with Crippen LogP contribution in [0, 0.1) is 5.92 Å². The molecule has 0 saturated carbocycles. The van der Waals surface area contributed by atoms with Crippen molar-refractivity contribution < 1.29 is 23.9 Å². The second-order valence-electron chi connectivity index (χ2n) is 6.36. The van der Waals surface area contributed by atoms with E-state index in [9.17, 15) is 19.2 Å². The van der Waals surface area contributed by atoms with Gasteiger partial charge < -0.3 is 4.74 Å². The van der Waals surface area contributed by atoms with Gasteiger partial charge in [-0.25, -0.2) is 4.79 Å².